The van der Waals surface area contributed by atoms with Gasteiger partial charge in [0.15, 0.2) is 17.5 Å². The van der Waals surface area contributed by atoms with Crippen molar-refractivity contribution in [3.05, 3.63) is 53.1 Å². The monoisotopic (exact) mass is 444 g/mol. The standard InChI is InChI=1S/C23H29ClN4O3/c1-28(2)22(29)10-12-26-23(25-11-9-17-5-3-6-18(24)15-17)27-19-7-8-20-21(16-19)31-14-4-13-30-20/h3,5-8,15-16H,4,9-14H2,1-2H3,(H2,25,26,27). The number of hydrogen-bond acceptors (Lipinski definition) is 4. The van der Waals surface area contributed by atoms with E-state index in [-0.39, 0.29) is 5.91 Å². The number of guanidine groups is 1. The summed E-state index contributed by atoms with van der Waals surface area (Å²) in [6, 6.07) is 13.5. The minimum atomic E-state index is 0.0395. The van der Waals surface area contributed by atoms with Crippen molar-refractivity contribution in [3.8, 4) is 11.5 Å². The summed E-state index contributed by atoms with van der Waals surface area (Å²) in [7, 11) is 3.48. The van der Waals surface area contributed by atoms with Crippen molar-refractivity contribution in [2.24, 2.45) is 4.99 Å². The van der Waals surface area contributed by atoms with Crippen molar-refractivity contribution in [1.82, 2.24) is 10.2 Å². The third-order valence-electron chi connectivity index (χ3n) is 4.70. The van der Waals surface area contributed by atoms with Gasteiger partial charge in [-0.05, 0) is 36.2 Å². The van der Waals surface area contributed by atoms with Gasteiger partial charge >= 0.3 is 0 Å². The number of rotatable bonds is 7. The maximum atomic E-state index is 11.9. The summed E-state index contributed by atoms with van der Waals surface area (Å²) in [6.07, 6.45) is 1.99. The molecule has 0 fully saturated rings. The fraction of sp³-hybridized carbons (Fsp3) is 0.391. The molecule has 2 aromatic rings. The summed E-state index contributed by atoms with van der Waals surface area (Å²) in [5.41, 5.74) is 1.97. The van der Waals surface area contributed by atoms with Crippen LogP contribution < -0.4 is 20.1 Å². The average molecular weight is 445 g/mol. The van der Waals surface area contributed by atoms with Crippen molar-refractivity contribution in [2.75, 3.05) is 45.7 Å². The van der Waals surface area contributed by atoms with Crippen LogP contribution in [0.2, 0.25) is 5.02 Å². The molecular formula is C23H29ClN4O3. The van der Waals surface area contributed by atoms with Crippen molar-refractivity contribution in [2.45, 2.75) is 19.3 Å². The van der Waals surface area contributed by atoms with Crippen LogP contribution in [-0.4, -0.2) is 57.2 Å². The van der Waals surface area contributed by atoms with Gasteiger partial charge in [-0.1, -0.05) is 23.7 Å². The number of aliphatic imine (C=N–C) groups is 1. The van der Waals surface area contributed by atoms with Crippen LogP contribution in [0, 0.1) is 0 Å². The third kappa shape index (κ3) is 7.36. The van der Waals surface area contributed by atoms with Gasteiger partial charge in [0.25, 0.3) is 0 Å². The van der Waals surface area contributed by atoms with Gasteiger partial charge in [-0.2, -0.15) is 0 Å². The first-order valence-corrected chi connectivity index (χ1v) is 10.8. The molecule has 31 heavy (non-hydrogen) atoms. The number of ether oxygens (including phenoxy) is 2. The minimum Gasteiger partial charge on any atom is -0.490 e. The van der Waals surface area contributed by atoms with E-state index in [0.29, 0.717) is 44.4 Å². The van der Waals surface area contributed by atoms with Gasteiger partial charge in [-0.15, -0.1) is 0 Å². The number of amides is 1. The van der Waals surface area contributed by atoms with E-state index in [2.05, 4.69) is 15.6 Å². The second-order valence-electron chi connectivity index (χ2n) is 7.41. The predicted octanol–water partition coefficient (Wildman–Crippen LogP) is 3.58. The molecule has 3 rings (SSSR count). The van der Waals surface area contributed by atoms with Crippen LogP contribution in [0.15, 0.2) is 47.5 Å². The fourth-order valence-corrected chi connectivity index (χ4v) is 3.23. The Morgan fingerprint density at radius 3 is 2.71 bits per heavy atom. The van der Waals surface area contributed by atoms with Crippen LogP contribution in [0.3, 0.4) is 0 Å². The second-order valence-corrected chi connectivity index (χ2v) is 7.85. The van der Waals surface area contributed by atoms with Crippen molar-refractivity contribution in [1.29, 1.82) is 0 Å². The van der Waals surface area contributed by atoms with Crippen molar-refractivity contribution >= 4 is 29.2 Å². The zero-order valence-corrected chi connectivity index (χ0v) is 18.7. The molecule has 1 heterocycles. The molecule has 0 bridgehead atoms. The van der Waals surface area contributed by atoms with E-state index >= 15 is 0 Å². The lowest BCUT2D eigenvalue weighted by atomic mass is 10.1. The minimum absolute atomic E-state index is 0.0395. The summed E-state index contributed by atoms with van der Waals surface area (Å²) < 4.78 is 11.5. The van der Waals surface area contributed by atoms with Crippen LogP contribution in [0.4, 0.5) is 5.69 Å². The Hall–Kier alpha value is -2.93. The number of nitrogens with zero attached hydrogens (tertiary/aromatic N) is 2. The Balaban J connectivity index is 1.65. The van der Waals surface area contributed by atoms with E-state index < -0.39 is 0 Å². The molecule has 0 saturated carbocycles. The normalized spacial score (nSPS) is 13.3. The Bertz CT molecular complexity index is 917. The molecule has 0 unspecified atom stereocenters. The van der Waals surface area contributed by atoms with E-state index in [1.54, 1.807) is 19.0 Å². The van der Waals surface area contributed by atoms with Gasteiger partial charge in [0.1, 0.15) is 0 Å². The molecule has 0 saturated heterocycles. The summed E-state index contributed by atoms with van der Waals surface area (Å²) in [5.74, 6) is 2.09. The van der Waals surface area contributed by atoms with Crippen LogP contribution in [0.1, 0.15) is 18.4 Å². The fourth-order valence-electron chi connectivity index (χ4n) is 3.02. The molecule has 2 aromatic carbocycles. The van der Waals surface area contributed by atoms with E-state index in [0.717, 1.165) is 34.9 Å². The number of halogens is 1. The molecule has 166 valence electrons. The molecule has 0 radical (unpaired) electrons. The summed E-state index contributed by atoms with van der Waals surface area (Å²) >= 11 is 6.07. The maximum absolute atomic E-state index is 11.9. The molecule has 0 aromatic heterocycles. The third-order valence-corrected chi connectivity index (χ3v) is 4.93. The van der Waals surface area contributed by atoms with E-state index in [9.17, 15) is 4.79 Å². The second kappa shape index (κ2) is 11.5. The summed E-state index contributed by atoms with van der Waals surface area (Å²) in [6.45, 7) is 2.33. The molecule has 1 amide bonds. The Kier molecular flexibility index (Phi) is 8.41. The van der Waals surface area contributed by atoms with E-state index in [1.807, 2.05) is 42.5 Å². The lowest BCUT2D eigenvalue weighted by Gasteiger charge is -2.15. The Morgan fingerprint density at radius 1 is 1.13 bits per heavy atom. The number of carbonyl (C=O) groups excluding carboxylic acids is 1. The van der Waals surface area contributed by atoms with Crippen LogP contribution in [-0.2, 0) is 11.2 Å². The predicted molar refractivity (Wildman–Crippen MR) is 124 cm³/mol. The summed E-state index contributed by atoms with van der Waals surface area (Å²) in [5, 5.41) is 7.35. The molecule has 8 heteroatoms. The topological polar surface area (TPSA) is 75.2 Å². The SMILES string of the molecule is CN(C)C(=O)CCN=C(NCCc1cccc(Cl)c1)Nc1ccc2c(c1)OCCCO2. The Labute approximate surface area is 188 Å². The first-order chi connectivity index (χ1) is 15.0. The smallest absolute Gasteiger partial charge is 0.223 e. The van der Waals surface area contributed by atoms with Gasteiger partial charge in [0.2, 0.25) is 5.91 Å². The lowest BCUT2D eigenvalue weighted by Crippen LogP contribution is -2.33. The lowest BCUT2D eigenvalue weighted by molar-refractivity contribution is -0.128. The molecule has 2 N–H and O–H groups in total. The molecule has 0 atom stereocenters. The summed E-state index contributed by atoms with van der Waals surface area (Å²) in [4.78, 5) is 18.0. The van der Waals surface area contributed by atoms with Gasteiger partial charge < -0.3 is 25.0 Å². The highest BCUT2D eigenvalue weighted by atomic mass is 35.5. The first-order valence-electron chi connectivity index (χ1n) is 10.4. The number of benzene rings is 2. The highest BCUT2D eigenvalue weighted by Gasteiger charge is 2.12. The maximum Gasteiger partial charge on any atom is 0.223 e. The quantitative estimate of drug-likeness (QED) is 0.504. The first kappa shape index (κ1) is 22.7. The largest absolute Gasteiger partial charge is 0.490 e. The molecular weight excluding hydrogens is 416 g/mol. The molecule has 1 aliphatic rings. The van der Waals surface area contributed by atoms with Gasteiger partial charge in [-0.3, -0.25) is 9.79 Å². The van der Waals surface area contributed by atoms with Gasteiger partial charge in [0.05, 0.1) is 19.8 Å². The number of fused-ring (bicyclic) bond motifs is 1. The molecule has 7 nitrogen and oxygen atoms in total. The van der Waals surface area contributed by atoms with E-state index in [4.69, 9.17) is 21.1 Å². The van der Waals surface area contributed by atoms with Gasteiger partial charge in [-0.25, -0.2) is 0 Å². The highest BCUT2D eigenvalue weighted by molar-refractivity contribution is 6.30. The number of nitrogens with one attached hydrogen (secondary N) is 2. The van der Waals surface area contributed by atoms with Gasteiger partial charge in [0, 0.05) is 50.3 Å². The number of hydrogen-bond donors (Lipinski definition) is 2. The highest BCUT2D eigenvalue weighted by Crippen LogP contribution is 2.32. The van der Waals surface area contributed by atoms with Crippen LogP contribution >= 0.6 is 11.6 Å². The van der Waals surface area contributed by atoms with Crippen LogP contribution in [0.5, 0.6) is 11.5 Å². The van der Waals surface area contributed by atoms with E-state index in [1.165, 1.54) is 0 Å². The van der Waals surface area contributed by atoms with Crippen LogP contribution in [0.25, 0.3) is 0 Å². The zero-order chi connectivity index (χ0) is 22.1. The molecule has 0 aliphatic carbocycles. The molecule has 0 spiro atoms. The zero-order valence-electron chi connectivity index (χ0n) is 18.0. The number of carbonyl (C=O) groups is 1. The molecule has 1 aliphatic heterocycles. The average Bonchev–Trinajstić information content (AvgIpc) is 2.98. The van der Waals surface area contributed by atoms with Crippen molar-refractivity contribution < 1.29 is 14.3 Å². The number of anilines is 1. The Morgan fingerprint density at radius 2 is 1.94 bits per heavy atom. The van der Waals surface area contributed by atoms with Crippen molar-refractivity contribution in [3.63, 3.8) is 0 Å².